The molecule has 0 bridgehead atoms. The van der Waals surface area contributed by atoms with Gasteiger partial charge in [0.1, 0.15) is 0 Å². The van der Waals surface area contributed by atoms with Crippen LogP contribution in [0.25, 0.3) is 0 Å². The maximum atomic E-state index is 12.6. The Morgan fingerprint density at radius 3 is 1.57 bits per heavy atom. The summed E-state index contributed by atoms with van der Waals surface area (Å²) in [5.41, 5.74) is -0.593. The Morgan fingerprint density at radius 1 is 0.700 bits per heavy atom. The van der Waals surface area contributed by atoms with Crippen molar-refractivity contribution in [2.24, 2.45) is 17.3 Å². The zero-order chi connectivity index (χ0) is 22.8. The number of aliphatic carboxylic acids is 2. The molecule has 1 unspecified atom stereocenters. The minimum Gasteiger partial charge on any atom is -0.481 e. The number of carboxylic acids is 2. The highest BCUT2D eigenvalue weighted by atomic mass is 16.4. The summed E-state index contributed by atoms with van der Waals surface area (Å²) in [4.78, 5) is 23.3. The van der Waals surface area contributed by atoms with E-state index in [1.165, 1.54) is 25.7 Å². The van der Waals surface area contributed by atoms with Crippen molar-refractivity contribution in [2.75, 3.05) is 0 Å². The SMILES string of the molecule is CCCC[C@@H](CC)CC(CCCCCCCC(=O)O)(C[C@@H](CC)CCCC)C(=O)O. The topological polar surface area (TPSA) is 74.6 Å². The zero-order valence-electron chi connectivity index (χ0n) is 20.4. The fraction of sp³-hybridized carbons (Fsp3) is 0.923. The van der Waals surface area contributed by atoms with Gasteiger partial charge in [-0.25, -0.2) is 0 Å². The molecule has 0 radical (unpaired) electrons. The van der Waals surface area contributed by atoms with Gasteiger partial charge in [0.2, 0.25) is 0 Å². The first-order valence-corrected chi connectivity index (χ1v) is 12.8. The average Bonchev–Trinajstić information content (AvgIpc) is 2.72. The lowest BCUT2D eigenvalue weighted by Gasteiger charge is -2.36. The molecule has 0 fully saturated rings. The first-order chi connectivity index (χ1) is 14.3. The quantitative estimate of drug-likeness (QED) is 0.182. The van der Waals surface area contributed by atoms with Gasteiger partial charge in [-0.2, -0.15) is 0 Å². The largest absolute Gasteiger partial charge is 0.481 e. The van der Waals surface area contributed by atoms with E-state index in [9.17, 15) is 14.7 Å². The molecule has 30 heavy (non-hydrogen) atoms. The van der Waals surface area contributed by atoms with Crippen LogP contribution in [0.15, 0.2) is 0 Å². The van der Waals surface area contributed by atoms with E-state index in [4.69, 9.17) is 5.11 Å². The standard InChI is InChI=1S/C26H50O4/c1-5-9-16-22(7-3)20-26(25(29)30,21-23(8-4)17-10-6-2)19-15-13-11-12-14-18-24(27)28/h22-23H,5-21H2,1-4H3,(H,27,28)(H,29,30)/t22-,23+,26?. The predicted octanol–water partition coefficient (Wildman–Crippen LogP) is 8.09. The lowest BCUT2D eigenvalue weighted by molar-refractivity contribution is -0.152. The van der Waals surface area contributed by atoms with Gasteiger partial charge in [0.15, 0.2) is 0 Å². The van der Waals surface area contributed by atoms with Gasteiger partial charge in [-0.1, -0.05) is 105 Å². The number of rotatable bonds is 21. The first kappa shape index (κ1) is 28.9. The van der Waals surface area contributed by atoms with Crippen LogP contribution in [0.1, 0.15) is 137 Å². The smallest absolute Gasteiger partial charge is 0.309 e. The maximum Gasteiger partial charge on any atom is 0.309 e. The summed E-state index contributed by atoms with van der Waals surface area (Å²) in [5, 5.41) is 19.2. The maximum absolute atomic E-state index is 12.6. The molecule has 4 nitrogen and oxygen atoms in total. The highest BCUT2D eigenvalue weighted by Crippen LogP contribution is 2.43. The number of hydrogen-bond acceptors (Lipinski definition) is 2. The van der Waals surface area contributed by atoms with Crippen molar-refractivity contribution in [1.82, 2.24) is 0 Å². The molecule has 0 aromatic carbocycles. The van der Waals surface area contributed by atoms with Crippen molar-refractivity contribution >= 4 is 11.9 Å². The van der Waals surface area contributed by atoms with Crippen LogP contribution in [0.5, 0.6) is 0 Å². The Labute approximate surface area is 186 Å². The van der Waals surface area contributed by atoms with Crippen molar-refractivity contribution in [2.45, 2.75) is 137 Å². The Morgan fingerprint density at radius 2 is 1.17 bits per heavy atom. The average molecular weight is 427 g/mol. The fourth-order valence-corrected chi connectivity index (χ4v) is 4.83. The first-order valence-electron chi connectivity index (χ1n) is 12.8. The van der Waals surface area contributed by atoms with E-state index in [2.05, 4.69) is 27.7 Å². The molecule has 0 aliphatic carbocycles. The third-order valence-electron chi connectivity index (χ3n) is 6.95. The Balaban J connectivity index is 5.11. The van der Waals surface area contributed by atoms with E-state index in [1.807, 2.05) is 0 Å². The molecule has 0 heterocycles. The van der Waals surface area contributed by atoms with Crippen molar-refractivity contribution in [3.8, 4) is 0 Å². The van der Waals surface area contributed by atoms with E-state index in [0.717, 1.165) is 77.0 Å². The fourth-order valence-electron chi connectivity index (χ4n) is 4.83. The molecular weight excluding hydrogens is 376 g/mol. The van der Waals surface area contributed by atoms with Crippen LogP contribution in [0, 0.1) is 17.3 Å². The number of hydrogen-bond donors (Lipinski definition) is 2. The van der Waals surface area contributed by atoms with Crippen LogP contribution in [0.2, 0.25) is 0 Å². The summed E-state index contributed by atoms with van der Waals surface area (Å²) in [5.74, 6) is -0.311. The van der Waals surface area contributed by atoms with Gasteiger partial charge in [0.05, 0.1) is 5.41 Å². The van der Waals surface area contributed by atoms with Gasteiger partial charge in [-0.3, -0.25) is 9.59 Å². The molecular formula is C26H50O4. The molecule has 0 saturated heterocycles. The number of carbonyl (C=O) groups is 2. The number of unbranched alkanes of at least 4 members (excludes halogenated alkanes) is 6. The summed E-state index contributed by atoms with van der Waals surface area (Å²) in [6.45, 7) is 8.84. The molecule has 0 rings (SSSR count). The second-order valence-corrected chi connectivity index (χ2v) is 9.49. The lowest BCUT2D eigenvalue weighted by atomic mass is 9.67. The monoisotopic (exact) mass is 426 g/mol. The van der Waals surface area contributed by atoms with E-state index >= 15 is 0 Å². The Kier molecular flexibility index (Phi) is 17.0. The molecule has 0 aliphatic heterocycles. The number of carboxylic acid groups (broad SMARTS) is 2. The molecule has 0 saturated carbocycles. The zero-order valence-corrected chi connectivity index (χ0v) is 20.4. The van der Waals surface area contributed by atoms with Crippen molar-refractivity contribution in [1.29, 1.82) is 0 Å². The van der Waals surface area contributed by atoms with E-state index < -0.39 is 17.4 Å². The lowest BCUT2D eigenvalue weighted by Crippen LogP contribution is -2.36. The Bertz CT molecular complexity index is 428. The minimum atomic E-state index is -0.727. The normalized spacial score (nSPS) is 15.5. The summed E-state index contributed by atoms with van der Waals surface area (Å²) in [7, 11) is 0. The summed E-state index contributed by atoms with van der Waals surface area (Å²) < 4.78 is 0. The van der Waals surface area contributed by atoms with E-state index in [0.29, 0.717) is 11.8 Å². The summed E-state index contributed by atoms with van der Waals surface area (Å²) in [6.07, 6.45) is 16.4. The molecule has 178 valence electrons. The molecule has 0 amide bonds. The van der Waals surface area contributed by atoms with E-state index in [1.54, 1.807) is 0 Å². The molecule has 0 spiro atoms. The Hall–Kier alpha value is -1.06. The third kappa shape index (κ3) is 12.6. The third-order valence-corrected chi connectivity index (χ3v) is 6.95. The molecule has 3 atom stereocenters. The van der Waals surface area contributed by atoms with Crippen LogP contribution >= 0.6 is 0 Å². The molecule has 0 aromatic heterocycles. The van der Waals surface area contributed by atoms with Crippen LogP contribution in [-0.4, -0.2) is 22.2 Å². The van der Waals surface area contributed by atoms with Crippen LogP contribution in [0.3, 0.4) is 0 Å². The van der Waals surface area contributed by atoms with Gasteiger partial charge in [0.25, 0.3) is 0 Å². The minimum absolute atomic E-state index is 0.240. The van der Waals surface area contributed by atoms with Crippen LogP contribution in [0.4, 0.5) is 0 Å². The van der Waals surface area contributed by atoms with Crippen LogP contribution in [-0.2, 0) is 9.59 Å². The summed E-state index contributed by atoms with van der Waals surface area (Å²) >= 11 is 0. The summed E-state index contributed by atoms with van der Waals surface area (Å²) in [6, 6.07) is 0. The molecule has 0 aromatic rings. The molecule has 0 aliphatic rings. The van der Waals surface area contributed by atoms with Crippen molar-refractivity contribution < 1.29 is 19.8 Å². The van der Waals surface area contributed by atoms with Crippen molar-refractivity contribution in [3.05, 3.63) is 0 Å². The molecule has 2 N–H and O–H groups in total. The second-order valence-electron chi connectivity index (χ2n) is 9.49. The van der Waals surface area contributed by atoms with Gasteiger partial charge < -0.3 is 10.2 Å². The highest BCUT2D eigenvalue weighted by Gasteiger charge is 2.40. The van der Waals surface area contributed by atoms with Crippen LogP contribution < -0.4 is 0 Å². The van der Waals surface area contributed by atoms with Gasteiger partial charge >= 0.3 is 11.9 Å². The van der Waals surface area contributed by atoms with Gasteiger partial charge in [-0.15, -0.1) is 0 Å². The highest BCUT2D eigenvalue weighted by molar-refractivity contribution is 5.74. The van der Waals surface area contributed by atoms with Gasteiger partial charge in [0, 0.05) is 6.42 Å². The van der Waals surface area contributed by atoms with E-state index in [-0.39, 0.29) is 6.42 Å². The predicted molar refractivity (Wildman–Crippen MR) is 126 cm³/mol. The molecule has 4 heteroatoms. The second kappa shape index (κ2) is 17.6. The van der Waals surface area contributed by atoms with Gasteiger partial charge in [-0.05, 0) is 37.5 Å². The van der Waals surface area contributed by atoms with Crippen molar-refractivity contribution in [3.63, 3.8) is 0 Å².